The molecule has 6 heteroatoms. The molecule has 3 rings (SSSR count). The van der Waals surface area contributed by atoms with Crippen molar-refractivity contribution in [3.8, 4) is 0 Å². The molecule has 0 spiro atoms. The third-order valence-corrected chi connectivity index (χ3v) is 4.88. The average molecular weight is 279 g/mol. The maximum Gasteiger partial charge on any atom is 0.229 e. The molecule has 1 N–H and O–H groups in total. The van der Waals surface area contributed by atoms with Crippen molar-refractivity contribution in [2.45, 2.75) is 26.2 Å². The number of thiazole rings is 2. The second-order valence-corrected chi connectivity index (χ2v) is 6.24. The van der Waals surface area contributed by atoms with E-state index in [1.165, 1.54) is 21.9 Å². The third kappa shape index (κ3) is 2.30. The largest absolute Gasteiger partial charge is 0.302 e. The smallest absolute Gasteiger partial charge is 0.229 e. The van der Waals surface area contributed by atoms with E-state index < -0.39 is 0 Å². The number of rotatable bonds is 2. The van der Waals surface area contributed by atoms with E-state index in [2.05, 4.69) is 15.3 Å². The quantitative estimate of drug-likeness (QED) is 0.919. The number of carbonyl (C=O) groups is 1. The van der Waals surface area contributed by atoms with Gasteiger partial charge in [0.15, 0.2) is 5.13 Å². The van der Waals surface area contributed by atoms with Crippen molar-refractivity contribution in [3.05, 3.63) is 27.2 Å². The Morgan fingerprint density at radius 1 is 1.50 bits per heavy atom. The van der Waals surface area contributed by atoms with Crippen LogP contribution in [0.2, 0.25) is 0 Å². The van der Waals surface area contributed by atoms with Crippen LogP contribution in [0.25, 0.3) is 0 Å². The lowest BCUT2D eigenvalue weighted by atomic mass is 9.90. The summed E-state index contributed by atoms with van der Waals surface area (Å²) in [6.07, 6.45) is 2.61. The minimum absolute atomic E-state index is 0.0576. The van der Waals surface area contributed by atoms with Crippen LogP contribution in [0.3, 0.4) is 0 Å². The Bertz CT molecular complexity index is 575. The third-order valence-electron chi connectivity index (χ3n) is 3.11. The van der Waals surface area contributed by atoms with Gasteiger partial charge in [0, 0.05) is 16.2 Å². The molecule has 0 fully saturated rings. The van der Waals surface area contributed by atoms with Gasteiger partial charge in [-0.3, -0.25) is 4.79 Å². The summed E-state index contributed by atoms with van der Waals surface area (Å²) in [5.41, 5.74) is 3.99. The number of hydrogen-bond acceptors (Lipinski definition) is 5. The SMILES string of the molecule is Cc1csc(NC(=O)C2CCc3ncsc3C2)n1. The monoisotopic (exact) mass is 279 g/mol. The molecule has 0 aliphatic heterocycles. The summed E-state index contributed by atoms with van der Waals surface area (Å²) < 4.78 is 0. The highest BCUT2D eigenvalue weighted by molar-refractivity contribution is 7.13. The van der Waals surface area contributed by atoms with Crippen molar-refractivity contribution in [1.29, 1.82) is 0 Å². The Hall–Kier alpha value is -1.27. The molecule has 1 amide bonds. The Morgan fingerprint density at radius 3 is 3.17 bits per heavy atom. The number of amides is 1. The zero-order chi connectivity index (χ0) is 12.5. The van der Waals surface area contributed by atoms with Gasteiger partial charge in [-0.2, -0.15) is 0 Å². The second-order valence-electron chi connectivity index (χ2n) is 4.45. The number of aryl methyl sites for hydroxylation is 2. The van der Waals surface area contributed by atoms with E-state index in [0.717, 1.165) is 25.0 Å². The molecule has 1 atom stereocenters. The van der Waals surface area contributed by atoms with Crippen LogP contribution in [0, 0.1) is 12.8 Å². The maximum absolute atomic E-state index is 12.1. The molecule has 0 saturated heterocycles. The Balaban J connectivity index is 1.67. The number of hydrogen-bond donors (Lipinski definition) is 1. The fraction of sp³-hybridized carbons (Fsp3) is 0.417. The fourth-order valence-corrected chi connectivity index (χ4v) is 3.73. The number of carbonyl (C=O) groups excluding carboxylic acids is 1. The standard InChI is InChI=1S/C12H13N3OS2/c1-7-5-17-12(14-7)15-11(16)8-2-3-9-10(4-8)18-6-13-9/h5-6,8H,2-4H2,1H3,(H,14,15,16). The topological polar surface area (TPSA) is 54.9 Å². The van der Waals surface area contributed by atoms with Crippen LogP contribution in [0.5, 0.6) is 0 Å². The molecule has 0 radical (unpaired) electrons. The molecular formula is C12H13N3OS2. The Labute approximate surface area is 113 Å². The summed E-state index contributed by atoms with van der Waals surface area (Å²) in [6.45, 7) is 1.93. The minimum Gasteiger partial charge on any atom is -0.302 e. The van der Waals surface area contributed by atoms with Crippen LogP contribution in [0.15, 0.2) is 10.9 Å². The highest BCUT2D eigenvalue weighted by atomic mass is 32.1. The van der Waals surface area contributed by atoms with E-state index in [1.54, 1.807) is 11.3 Å². The highest BCUT2D eigenvalue weighted by Gasteiger charge is 2.26. The van der Waals surface area contributed by atoms with Crippen molar-refractivity contribution in [1.82, 2.24) is 9.97 Å². The van der Waals surface area contributed by atoms with Gasteiger partial charge in [-0.05, 0) is 26.2 Å². The van der Waals surface area contributed by atoms with Crippen LogP contribution in [-0.2, 0) is 17.6 Å². The van der Waals surface area contributed by atoms with E-state index in [4.69, 9.17) is 0 Å². The summed E-state index contributed by atoms with van der Waals surface area (Å²) in [7, 11) is 0. The Morgan fingerprint density at radius 2 is 2.39 bits per heavy atom. The van der Waals surface area contributed by atoms with E-state index in [-0.39, 0.29) is 11.8 Å². The predicted octanol–water partition coefficient (Wildman–Crippen LogP) is 2.65. The number of nitrogens with one attached hydrogen (secondary N) is 1. The molecule has 94 valence electrons. The van der Waals surface area contributed by atoms with Crippen molar-refractivity contribution >= 4 is 33.7 Å². The van der Waals surface area contributed by atoms with Crippen LogP contribution in [0.1, 0.15) is 22.7 Å². The highest BCUT2D eigenvalue weighted by Crippen LogP contribution is 2.28. The summed E-state index contributed by atoms with van der Waals surface area (Å²) in [5, 5.41) is 5.55. The summed E-state index contributed by atoms with van der Waals surface area (Å²) in [5.74, 6) is 0.144. The second kappa shape index (κ2) is 4.78. The fourth-order valence-electron chi connectivity index (χ4n) is 2.14. The number of nitrogens with zero attached hydrogens (tertiary/aromatic N) is 2. The van der Waals surface area contributed by atoms with Gasteiger partial charge in [-0.15, -0.1) is 22.7 Å². The Kier molecular flexibility index (Phi) is 3.13. The number of fused-ring (bicyclic) bond motifs is 1. The van der Waals surface area contributed by atoms with Crippen LogP contribution >= 0.6 is 22.7 Å². The van der Waals surface area contributed by atoms with E-state index in [9.17, 15) is 4.79 Å². The van der Waals surface area contributed by atoms with Gasteiger partial charge in [0.1, 0.15) is 0 Å². The molecule has 4 nitrogen and oxygen atoms in total. The van der Waals surface area contributed by atoms with Crippen LogP contribution in [-0.4, -0.2) is 15.9 Å². The number of anilines is 1. The zero-order valence-electron chi connectivity index (χ0n) is 9.97. The average Bonchev–Trinajstić information content (AvgIpc) is 2.96. The molecule has 0 saturated carbocycles. The first-order chi connectivity index (χ1) is 8.72. The summed E-state index contributed by atoms with van der Waals surface area (Å²) >= 11 is 3.13. The molecule has 1 unspecified atom stereocenters. The molecule has 18 heavy (non-hydrogen) atoms. The van der Waals surface area contributed by atoms with Crippen molar-refractivity contribution < 1.29 is 4.79 Å². The lowest BCUT2D eigenvalue weighted by Gasteiger charge is -2.19. The summed E-state index contributed by atoms with van der Waals surface area (Å²) in [6, 6.07) is 0. The van der Waals surface area contributed by atoms with Gasteiger partial charge in [-0.1, -0.05) is 0 Å². The van der Waals surface area contributed by atoms with Crippen molar-refractivity contribution in [2.24, 2.45) is 5.92 Å². The molecule has 2 heterocycles. The van der Waals surface area contributed by atoms with Gasteiger partial charge in [0.2, 0.25) is 5.91 Å². The van der Waals surface area contributed by atoms with Gasteiger partial charge in [0.25, 0.3) is 0 Å². The van der Waals surface area contributed by atoms with Crippen LogP contribution in [0.4, 0.5) is 5.13 Å². The molecule has 2 aromatic heterocycles. The molecule has 1 aliphatic rings. The van der Waals surface area contributed by atoms with Gasteiger partial charge < -0.3 is 5.32 Å². The van der Waals surface area contributed by atoms with Crippen molar-refractivity contribution in [2.75, 3.05) is 5.32 Å². The lowest BCUT2D eigenvalue weighted by Crippen LogP contribution is -2.27. The first kappa shape index (κ1) is 11.8. The zero-order valence-corrected chi connectivity index (χ0v) is 11.6. The first-order valence-corrected chi connectivity index (χ1v) is 7.62. The lowest BCUT2D eigenvalue weighted by molar-refractivity contribution is -0.120. The van der Waals surface area contributed by atoms with E-state index in [0.29, 0.717) is 5.13 Å². The van der Waals surface area contributed by atoms with Crippen molar-refractivity contribution in [3.63, 3.8) is 0 Å². The molecule has 0 aromatic carbocycles. The molecule has 2 aromatic rings. The molecule has 1 aliphatic carbocycles. The normalized spacial score (nSPS) is 18.4. The van der Waals surface area contributed by atoms with Gasteiger partial charge >= 0.3 is 0 Å². The number of aromatic nitrogens is 2. The minimum atomic E-state index is 0.0576. The maximum atomic E-state index is 12.1. The predicted molar refractivity (Wildman–Crippen MR) is 73.1 cm³/mol. The summed E-state index contributed by atoms with van der Waals surface area (Å²) in [4.78, 5) is 22.0. The first-order valence-electron chi connectivity index (χ1n) is 5.86. The van der Waals surface area contributed by atoms with E-state index >= 15 is 0 Å². The van der Waals surface area contributed by atoms with Gasteiger partial charge in [-0.25, -0.2) is 9.97 Å². The van der Waals surface area contributed by atoms with Gasteiger partial charge in [0.05, 0.1) is 16.9 Å². The van der Waals surface area contributed by atoms with Crippen LogP contribution < -0.4 is 5.32 Å². The molecule has 0 bridgehead atoms. The van der Waals surface area contributed by atoms with E-state index in [1.807, 2.05) is 17.8 Å². The molecular weight excluding hydrogens is 266 g/mol.